The van der Waals surface area contributed by atoms with E-state index in [0.29, 0.717) is 33.4 Å². The van der Waals surface area contributed by atoms with Gasteiger partial charge in [0.1, 0.15) is 16.2 Å². The van der Waals surface area contributed by atoms with Gasteiger partial charge in [-0.05, 0) is 95.8 Å². The summed E-state index contributed by atoms with van der Waals surface area (Å²) in [5, 5.41) is 16.9. The molecule has 3 aromatic heterocycles. The van der Waals surface area contributed by atoms with Crippen molar-refractivity contribution in [2.75, 3.05) is 26.2 Å². The van der Waals surface area contributed by atoms with E-state index >= 15 is 0 Å². The van der Waals surface area contributed by atoms with E-state index in [0.717, 1.165) is 95.6 Å². The average molecular weight is 728 g/mol. The number of carboxylic acid groups (broad SMARTS) is 1. The number of piperidine rings is 1. The van der Waals surface area contributed by atoms with Crippen molar-refractivity contribution in [2.45, 2.75) is 90.0 Å². The second kappa shape index (κ2) is 12.9. The van der Waals surface area contributed by atoms with E-state index in [2.05, 4.69) is 9.58 Å². The second-order valence-corrected chi connectivity index (χ2v) is 16.6. The molecule has 1 aliphatic carbocycles. The summed E-state index contributed by atoms with van der Waals surface area (Å²) in [6, 6.07) is 10.2. The number of ether oxygens (including phenoxy) is 1. The molecule has 0 bridgehead atoms. The van der Waals surface area contributed by atoms with Gasteiger partial charge in [-0.25, -0.2) is 24.4 Å². The number of carbonyl (C=O) groups excluding carboxylic acids is 1. The molecule has 0 radical (unpaired) electrons. The molecule has 5 heterocycles. The summed E-state index contributed by atoms with van der Waals surface area (Å²) in [6.07, 6.45) is 4.75. The lowest BCUT2D eigenvalue weighted by atomic mass is 9.91. The highest BCUT2D eigenvalue weighted by atomic mass is 35.5. The zero-order valence-electron chi connectivity index (χ0n) is 29.5. The third-order valence-electron chi connectivity index (χ3n) is 10.3. The molecule has 1 atom stereocenters. The summed E-state index contributed by atoms with van der Waals surface area (Å²) in [7, 11) is 0. The van der Waals surface area contributed by atoms with Crippen molar-refractivity contribution in [1.82, 2.24) is 34.5 Å². The summed E-state index contributed by atoms with van der Waals surface area (Å²) in [5.41, 5.74) is 6.36. The molecule has 5 aromatic rings. The summed E-state index contributed by atoms with van der Waals surface area (Å²) in [5.74, 6) is -0.637. The van der Waals surface area contributed by atoms with Crippen molar-refractivity contribution < 1.29 is 19.4 Å². The first-order valence-electron chi connectivity index (χ1n) is 17.7. The first-order chi connectivity index (χ1) is 24.3. The predicted octanol–water partition coefficient (Wildman–Crippen LogP) is 7.42. The Kier molecular flexibility index (Phi) is 8.64. The molecule has 1 amide bonds. The molecule has 266 valence electrons. The predicted molar refractivity (Wildman–Crippen MR) is 198 cm³/mol. The van der Waals surface area contributed by atoms with Crippen LogP contribution in [0, 0.1) is 6.92 Å². The van der Waals surface area contributed by atoms with Gasteiger partial charge in [0.2, 0.25) is 5.91 Å². The number of amides is 1. The van der Waals surface area contributed by atoms with Gasteiger partial charge in [0.15, 0.2) is 11.8 Å². The molecule has 1 N–H and O–H groups in total. The Balaban J connectivity index is 1.19. The highest BCUT2D eigenvalue weighted by Gasteiger charge is 2.38. The number of hydrogen-bond donors (Lipinski definition) is 1. The number of halogens is 1. The van der Waals surface area contributed by atoms with E-state index in [9.17, 15) is 14.7 Å². The lowest BCUT2D eigenvalue weighted by Crippen LogP contribution is -2.61. The smallest absolute Gasteiger partial charge is 0.337 e. The zero-order chi connectivity index (χ0) is 35.8. The topological polar surface area (TPSA) is 127 Å². The van der Waals surface area contributed by atoms with Gasteiger partial charge in [-0.15, -0.1) is 11.3 Å². The van der Waals surface area contributed by atoms with E-state index < -0.39 is 17.7 Å². The molecule has 13 heteroatoms. The van der Waals surface area contributed by atoms with Crippen molar-refractivity contribution in [1.29, 1.82) is 0 Å². The quantitative estimate of drug-likeness (QED) is 0.174. The molecule has 2 aromatic carbocycles. The first kappa shape index (κ1) is 34.1. The monoisotopic (exact) mass is 727 g/mol. The number of hydrogen-bond acceptors (Lipinski definition) is 9. The molecule has 8 rings (SSSR count). The summed E-state index contributed by atoms with van der Waals surface area (Å²) < 4.78 is 9.12. The third-order valence-corrected chi connectivity index (χ3v) is 11.7. The molecule has 2 aliphatic heterocycles. The number of thiazole rings is 1. The Morgan fingerprint density at radius 3 is 2.37 bits per heavy atom. The largest absolute Gasteiger partial charge is 0.479 e. The van der Waals surface area contributed by atoms with Crippen molar-refractivity contribution in [3.8, 4) is 21.8 Å². The molecule has 3 aliphatic rings. The minimum Gasteiger partial charge on any atom is -0.479 e. The summed E-state index contributed by atoms with van der Waals surface area (Å²) in [6.45, 7) is 12.7. The zero-order valence-corrected chi connectivity index (χ0v) is 31.1. The van der Waals surface area contributed by atoms with Crippen LogP contribution in [0.5, 0.6) is 0 Å². The Labute approximate surface area is 305 Å². The van der Waals surface area contributed by atoms with Gasteiger partial charge in [-0.2, -0.15) is 5.10 Å². The van der Waals surface area contributed by atoms with E-state index in [4.69, 9.17) is 36.4 Å². The molecule has 0 unspecified atom stereocenters. The van der Waals surface area contributed by atoms with Crippen LogP contribution in [0.2, 0.25) is 5.02 Å². The molecular weight excluding hydrogens is 686 g/mol. The van der Waals surface area contributed by atoms with Crippen molar-refractivity contribution in [3.63, 3.8) is 0 Å². The van der Waals surface area contributed by atoms with Crippen molar-refractivity contribution in [3.05, 3.63) is 58.4 Å². The fourth-order valence-corrected chi connectivity index (χ4v) is 8.72. The van der Waals surface area contributed by atoms with Gasteiger partial charge < -0.3 is 14.7 Å². The number of aromatic nitrogens is 5. The number of benzene rings is 2. The average Bonchev–Trinajstić information content (AvgIpc) is 3.70. The van der Waals surface area contributed by atoms with Gasteiger partial charge >= 0.3 is 5.97 Å². The number of aliphatic carboxylic acids is 1. The maximum Gasteiger partial charge on any atom is 0.337 e. The molecule has 0 spiro atoms. The van der Waals surface area contributed by atoms with E-state index in [1.165, 1.54) is 11.3 Å². The minimum absolute atomic E-state index is 0.150. The maximum absolute atomic E-state index is 12.8. The van der Waals surface area contributed by atoms with Crippen LogP contribution in [-0.4, -0.2) is 89.3 Å². The first-order valence-corrected chi connectivity index (χ1v) is 18.9. The number of carboxylic acids is 1. The molecule has 1 saturated carbocycles. The molecule has 3 fully saturated rings. The SMILES string of the molecule is CC(=O)N1CC(N2CCC(c3nn(C4CC4)c4ncc(-c5nc6cc(C)c([C@H](OC(C)(C)C)C(=O)O)c(-c7ccc(Cl)cc7)c6s5)nc34)CC2)C1. The Bertz CT molecular complexity index is 2160. The van der Waals surface area contributed by atoms with Crippen molar-refractivity contribution in [2.24, 2.45) is 0 Å². The fraction of sp³-hybridized carbons (Fsp3) is 0.474. The van der Waals surface area contributed by atoms with Crippen LogP contribution in [0.4, 0.5) is 0 Å². The summed E-state index contributed by atoms with van der Waals surface area (Å²) in [4.78, 5) is 44.2. The molecular formula is C38H42ClN7O4S. The van der Waals surface area contributed by atoms with Crippen molar-refractivity contribution >= 4 is 56.2 Å². The Hall–Kier alpha value is -3.97. The lowest BCUT2D eigenvalue weighted by Gasteiger charge is -2.47. The Morgan fingerprint density at radius 2 is 1.75 bits per heavy atom. The van der Waals surface area contributed by atoms with E-state index in [1.54, 1.807) is 13.1 Å². The highest BCUT2D eigenvalue weighted by Crippen LogP contribution is 2.45. The number of fused-ring (bicyclic) bond motifs is 2. The van der Waals surface area contributed by atoms with Crippen LogP contribution < -0.4 is 0 Å². The van der Waals surface area contributed by atoms with Gasteiger partial charge in [0.25, 0.3) is 0 Å². The van der Waals surface area contributed by atoms with Crippen LogP contribution in [0.15, 0.2) is 36.5 Å². The van der Waals surface area contributed by atoms with E-state index in [-0.39, 0.29) is 11.8 Å². The summed E-state index contributed by atoms with van der Waals surface area (Å²) >= 11 is 7.77. The van der Waals surface area contributed by atoms with Gasteiger partial charge in [0, 0.05) is 48.1 Å². The fourth-order valence-electron chi connectivity index (χ4n) is 7.51. The molecule has 2 saturated heterocycles. The normalized spacial score (nSPS) is 18.4. The van der Waals surface area contributed by atoms with Crippen LogP contribution in [0.1, 0.15) is 88.3 Å². The van der Waals surface area contributed by atoms with Crippen LogP contribution in [0.3, 0.4) is 0 Å². The number of rotatable bonds is 8. The molecule has 11 nitrogen and oxygen atoms in total. The van der Waals surface area contributed by atoms with Crippen LogP contribution in [0.25, 0.3) is 43.2 Å². The van der Waals surface area contributed by atoms with Crippen LogP contribution >= 0.6 is 22.9 Å². The number of carbonyl (C=O) groups is 2. The van der Waals surface area contributed by atoms with Gasteiger partial charge in [0.05, 0.1) is 33.8 Å². The Morgan fingerprint density at radius 1 is 1.04 bits per heavy atom. The van der Waals surface area contributed by atoms with E-state index in [1.807, 2.05) is 62.9 Å². The highest BCUT2D eigenvalue weighted by molar-refractivity contribution is 7.22. The third kappa shape index (κ3) is 6.52. The minimum atomic E-state index is -1.19. The van der Waals surface area contributed by atoms with Gasteiger partial charge in [-0.1, -0.05) is 23.7 Å². The number of likely N-dealkylation sites (tertiary alicyclic amines) is 2. The number of nitrogens with zero attached hydrogens (tertiary/aromatic N) is 7. The molecule has 51 heavy (non-hydrogen) atoms. The lowest BCUT2D eigenvalue weighted by molar-refractivity contribution is -0.160. The standard InChI is InChI=1S/C38H42ClN7O4S/c1-20-16-27-34(30(22-6-8-24(39)9-7-22)29(20)33(37(48)49)50-38(3,4)5)51-36(42-27)28-17-40-35-32(41-28)31(43-46(35)25-10-11-25)23-12-14-44(15-13-23)26-18-45(19-26)21(2)47/h6-9,16-17,23,25-26,33H,10-15,18-19H2,1-5H3,(H,48,49)/t33-/m0/s1. The van der Waals surface area contributed by atoms with Gasteiger partial charge in [-0.3, -0.25) is 9.69 Å². The second-order valence-electron chi connectivity index (χ2n) is 15.2. The van der Waals surface area contributed by atoms with Crippen LogP contribution in [-0.2, 0) is 14.3 Å². The maximum atomic E-state index is 12.8. The number of aryl methyl sites for hydroxylation is 1.